The molecule has 0 saturated heterocycles. The summed E-state index contributed by atoms with van der Waals surface area (Å²) in [6.07, 6.45) is -0.509. The highest BCUT2D eigenvalue weighted by atomic mass is 32.1. The number of benzene rings is 1. The van der Waals surface area contributed by atoms with E-state index in [4.69, 9.17) is 4.74 Å². The van der Waals surface area contributed by atoms with Crippen LogP contribution in [0.3, 0.4) is 0 Å². The molecule has 1 aliphatic rings. The Labute approximate surface area is 150 Å². The molecule has 2 heterocycles. The van der Waals surface area contributed by atoms with Crippen molar-refractivity contribution < 1.29 is 14.3 Å². The molecule has 2 aromatic rings. The largest absolute Gasteiger partial charge is 0.479 e. The highest BCUT2D eigenvalue weighted by molar-refractivity contribution is 7.11. The molecule has 1 aromatic carbocycles. The number of hydrogen-bond acceptors (Lipinski definition) is 5. The van der Waals surface area contributed by atoms with E-state index in [-0.39, 0.29) is 11.9 Å². The van der Waals surface area contributed by atoms with Gasteiger partial charge < -0.3 is 20.3 Å². The molecule has 132 valence electrons. The normalized spacial score (nSPS) is 16.2. The summed E-state index contributed by atoms with van der Waals surface area (Å²) in [7, 11) is 1.69. The molecule has 0 unspecified atom stereocenters. The number of likely N-dealkylation sites (N-methyl/N-ethyl adjacent to an activating group) is 1. The lowest BCUT2D eigenvalue weighted by Crippen LogP contribution is -2.42. The number of anilines is 2. The first-order chi connectivity index (χ1) is 11.8. The molecular weight excluding hydrogens is 340 g/mol. The van der Waals surface area contributed by atoms with Gasteiger partial charge in [0.15, 0.2) is 6.10 Å². The van der Waals surface area contributed by atoms with Crippen LogP contribution in [0.2, 0.25) is 0 Å². The smallest absolute Gasteiger partial charge is 0.319 e. The summed E-state index contributed by atoms with van der Waals surface area (Å²) in [4.78, 5) is 31.2. The molecule has 3 rings (SSSR count). The molecule has 7 nitrogen and oxygen atoms in total. The lowest BCUT2D eigenvalue weighted by Gasteiger charge is -2.30. The molecule has 25 heavy (non-hydrogen) atoms. The minimum atomic E-state index is -0.509. The number of aryl methyl sites for hydroxylation is 2. The van der Waals surface area contributed by atoms with Crippen molar-refractivity contribution in [2.24, 2.45) is 0 Å². The van der Waals surface area contributed by atoms with Crippen LogP contribution in [0.25, 0.3) is 0 Å². The number of nitrogens with zero attached hydrogens (tertiary/aromatic N) is 2. The fraction of sp³-hybridized carbons (Fsp3) is 0.353. The molecule has 1 aromatic heterocycles. The van der Waals surface area contributed by atoms with Crippen LogP contribution in [0, 0.1) is 13.8 Å². The molecule has 0 radical (unpaired) electrons. The molecule has 1 aliphatic heterocycles. The van der Waals surface area contributed by atoms with Crippen molar-refractivity contribution in [2.75, 3.05) is 17.3 Å². The van der Waals surface area contributed by atoms with Crippen LogP contribution in [0.1, 0.15) is 22.5 Å². The molecule has 0 aliphatic carbocycles. The number of thiazole rings is 1. The van der Waals surface area contributed by atoms with Crippen LogP contribution < -0.4 is 20.3 Å². The number of rotatable bonds is 3. The number of aromatic nitrogens is 1. The second-order valence-electron chi connectivity index (χ2n) is 5.90. The number of nitrogens with one attached hydrogen (secondary N) is 2. The van der Waals surface area contributed by atoms with Gasteiger partial charge in [-0.05, 0) is 39.0 Å². The zero-order chi connectivity index (χ0) is 18.1. The van der Waals surface area contributed by atoms with Crippen molar-refractivity contribution in [3.05, 3.63) is 33.8 Å². The molecule has 1 atom stereocenters. The van der Waals surface area contributed by atoms with E-state index in [0.717, 1.165) is 15.6 Å². The molecule has 2 N–H and O–H groups in total. The van der Waals surface area contributed by atoms with Crippen molar-refractivity contribution in [2.45, 2.75) is 33.4 Å². The summed E-state index contributed by atoms with van der Waals surface area (Å²) in [6.45, 7) is 6.03. The maximum atomic E-state index is 12.1. The number of hydrogen-bond donors (Lipinski definition) is 2. The average molecular weight is 360 g/mol. The molecule has 0 saturated carbocycles. The van der Waals surface area contributed by atoms with Gasteiger partial charge in [0.25, 0.3) is 5.91 Å². The predicted octanol–water partition coefficient (Wildman–Crippen LogP) is 2.83. The average Bonchev–Trinajstić information content (AvgIpc) is 2.90. The Balaban J connectivity index is 1.65. The highest BCUT2D eigenvalue weighted by Crippen LogP contribution is 2.35. The predicted molar refractivity (Wildman–Crippen MR) is 97.4 cm³/mol. The Kier molecular flexibility index (Phi) is 4.63. The van der Waals surface area contributed by atoms with E-state index < -0.39 is 6.10 Å². The first-order valence-electron chi connectivity index (χ1n) is 7.91. The number of fused-ring (bicyclic) bond motifs is 1. The SMILES string of the molecule is Cc1nc(CNC(=O)Nc2ccc3c(c2)N(C)C(=O)[C@@H](C)O3)sc1C. The van der Waals surface area contributed by atoms with E-state index in [2.05, 4.69) is 15.6 Å². The van der Waals surface area contributed by atoms with Gasteiger partial charge in [-0.2, -0.15) is 0 Å². The van der Waals surface area contributed by atoms with Crippen LogP contribution >= 0.6 is 11.3 Å². The van der Waals surface area contributed by atoms with E-state index in [0.29, 0.717) is 23.7 Å². The minimum Gasteiger partial charge on any atom is -0.479 e. The second kappa shape index (κ2) is 6.72. The van der Waals surface area contributed by atoms with Gasteiger partial charge >= 0.3 is 6.03 Å². The monoisotopic (exact) mass is 360 g/mol. The Morgan fingerprint density at radius 3 is 2.84 bits per heavy atom. The van der Waals surface area contributed by atoms with Crippen molar-refractivity contribution in [3.63, 3.8) is 0 Å². The third-order valence-electron chi connectivity index (χ3n) is 4.03. The van der Waals surface area contributed by atoms with Crippen LogP contribution in [0.4, 0.5) is 16.2 Å². The number of ether oxygens (including phenoxy) is 1. The Bertz CT molecular complexity index is 814. The summed E-state index contributed by atoms with van der Waals surface area (Å²) in [5.41, 5.74) is 2.20. The van der Waals surface area contributed by atoms with E-state index in [1.54, 1.807) is 43.5 Å². The fourth-order valence-corrected chi connectivity index (χ4v) is 3.41. The van der Waals surface area contributed by atoms with Crippen molar-refractivity contribution in [1.82, 2.24) is 10.3 Å². The van der Waals surface area contributed by atoms with E-state index in [9.17, 15) is 9.59 Å². The maximum Gasteiger partial charge on any atom is 0.319 e. The van der Waals surface area contributed by atoms with Gasteiger partial charge in [-0.3, -0.25) is 4.79 Å². The third-order valence-corrected chi connectivity index (χ3v) is 5.11. The lowest BCUT2D eigenvalue weighted by molar-refractivity contribution is -0.125. The Morgan fingerprint density at radius 2 is 2.16 bits per heavy atom. The molecule has 0 bridgehead atoms. The Morgan fingerprint density at radius 1 is 1.40 bits per heavy atom. The molecule has 3 amide bonds. The van der Waals surface area contributed by atoms with Crippen molar-refractivity contribution in [1.29, 1.82) is 0 Å². The maximum absolute atomic E-state index is 12.1. The first kappa shape index (κ1) is 17.2. The van der Waals surface area contributed by atoms with Crippen LogP contribution in [-0.2, 0) is 11.3 Å². The second-order valence-corrected chi connectivity index (χ2v) is 7.18. The first-order valence-corrected chi connectivity index (χ1v) is 8.73. The Hall–Kier alpha value is -2.61. The van der Waals surface area contributed by atoms with Crippen molar-refractivity contribution >= 4 is 34.6 Å². The van der Waals surface area contributed by atoms with Gasteiger partial charge in [0.05, 0.1) is 17.9 Å². The van der Waals surface area contributed by atoms with Crippen molar-refractivity contribution in [3.8, 4) is 5.75 Å². The van der Waals surface area contributed by atoms with E-state index >= 15 is 0 Å². The summed E-state index contributed by atoms with van der Waals surface area (Å²) >= 11 is 1.57. The number of carbonyl (C=O) groups excluding carboxylic acids is 2. The quantitative estimate of drug-likeness (QED) is 0.882. The number of amides is 3. The van der Waals surface area contributed by atoms with Crippen LogP contribution in [0.5, 0.6) is 5.75 Å². The van der Waals surface area contributed by atoms with Gasteiger partial charge in [-0.25, -0.2) is 9.78 Å². The van der Waals surface area contributed by atoms with Gasteiger partial charge in [-0.15, -0.1) is 11.3 Å². The molecule has 0 fully saturated rings. The van der Waals surface area contributed by atoms with E-state index in [1.165, 1.54) is 4.90 Å². The zero-order valence-electron chi connectivity index (χ0n) is 14.5. The summed E-state index contributed by atoms with van der Waals surface area (Å²) in [6, 6.07) is 4.88. The van der Waals surface area contributed by atoms with Gasteiger partial charge in [0.2, 0.25) is 0 Å². The minimum absolute atomic E-state index is 0.122. The highest BCUT2D eigenvalue weighted by Gasteiger charge is 2.29. The summed E-state index contributed by atoms with van der Waals surface area (Å²) < 4.78 is 5.57. The van der Waals surface area contributed by atoms with Gasteiger partial charge in [0, 0.05) is 17.6 Å². The lowest BCUT2D eigenvalue weighted by atomic mass is 10.2. The van der Waals surface area contributed by atoms with E-state index in [1.807, 2.05) is 13.8 Å². The number of carbonyl (C=O) groups is 2. The van der Waals surface area contributed by atoms with Gasteiger partial charge in [0.1, 0.15) is 10.8 Å². The fourth-order valence-electron chi connectivity index (χ4n) is 2.54. The van der Waals surface area contributed by atoms with Crippen LogP contribution in [-0.4, -0.2) is 30.1 Å². The molecule has 0 spiro atoms. The van der Waals surface area contributed by atoms with Crippen LogP contribution in [0.15, 0.2) is 18.2 Å². The number of urea groups is 1. The summed E-state index contributed by atoms with van der Waals surface area (Å²) in [5.74, 6) is 0.498. The topological polar surface area (TPSA) is 83.6 Å². The zero-order valence-corrected chi connectivity index (χ0v) is 15.4. The standard InChI is InChI=1S/C17H20N4O3S/c1-9-11(3)25-15(19-9)8-18-17(23)20-12-5-6-14-13(7-12)21(4)16(22)10(2)24-14/h5-7,10H,8H2,1-4H3,(H2,18,20,23)/t10-/m1/s1. The molecule has 8 heteroatoms. The molecular formula is C17H20N4O3S. The third kappa shape index (κ3) is 3.58. The summed E-state index contributed by atoms with van der Waals surface area (Å²) in [5, 5.41) is 6.41. The van der Waals surface area contributed by atoms with Gasteiger partial charge in [-0.1, -0.05) is 0 Å².